The SMILES string of the molecule is CCCC1CC(=O)N(Cc2ccccc2)c2ccccc21. The van der Waals surface area contributed by atoms with Gasteiger partial charge in [-0.1, -0.05) is 61.9 Å². The average molecular weight is 279 g/mol. The third-order valence-electron chi connectivity index (χ3n) is 4.21. The minimum absolute atomic E-state index is 0.246. The number of nitrogens with zero attached hydrogens (tertiary/aromatic N) is 1. The standard InChI is InChI=1S/C19H21NO/c1-2-8-16-13-19(21)20(14-15-9-4-3-5-10-15)18-12-7-6-11-17(16)18/h3-7,9-12,16H,2,8,13-14H2,1H3. The van der Waals surface area contributed by atoms with Crippen molar-refractivity contribution in [3.05, 3.63) is 65.7 Å². The summed E-state index contributed by atoms with van der Waals surface area (Å²) in [4.78, 5) is 14.5. The zero-order valence-electron chi connectivity index (χ0n) is 12.5. The Bertz CT molecular complexity index is 620. The fourth-order valence-electron chi connectivity index (χ4n) is 3.19. The van der Waals surface area contributed by atoms with E-state index in [1.165, 1.54) is 11.1 Å². The van der Waals surface area contributed by atoms with Gasteiger partial charge in [0.25, 0.3) is 0 Å². The Kier molecular flexibility index (Phi) is 4.05. The molecule has 21 heavy (non-hydrogen) atoms. The van der Waals surface area contributed by atoms with E-state index in [-0.39, 0.29) is 5.91 Å². The first kappa shape index (κ1) is 13.9. The van der Waals surface area contributed by atoms with E-state index in [1.54, 1.807) is 0 Å². The Morgan fingerprint density at radius 3 is 2.52 bits per heavy atom. The number of hydrogen-bond donors (Lipinski definition) is 0. The van der Waals surface area contributed by atoms with Gasteiger partial charge in [0.05, 0.1) is 6.54 Å². The Balaban J connectivity index is 1.94. The molecule has 2 heteroatoms. The third-order valence-corrected chi connectivity index (χ3v) is 4.21. The highest BCUT2D eigenvalue weighted by Gasteiger charge is 2.30. The lowest BCUT2D eigenvalue weighted by molar-refractivity contribution is -0.119. The zero-order chi connectivity index (χ0) is 14.7. The number of benzene rings is 2. The number of rotatable bonds is 4. The summed E-state index contributed by atoms with van der Waals surface area (Å²) in [7, 11) is 0. The average Bonchev–Trinajstić information content (AvgIpc) is 2.52. The van der Waals surface area contributed by atoms with Crippen molar-refractivity contribution < 1.29 is 4.79 Å². The van der Waals surface area contributed by atoms with Crippen molar-refractivity contribution in [2.24, 2.45) is 0 Å². The van der Waals surface area contributed by atoms with Crippen LogP contribution in [0, 0.1) is 0 Å². The zero-order valence-corrected chi connectivity index (χ0v) is 12.5. The fraction of sp³-hybridized carbons (Fsp3) is 0.316. The first-order valence-electron chi connectivity index (χ1n) is 7.72. The molecule has 1 unspecified atom stereocenters. The molecule has 0 bridgehead atoms. The molecule has 0 saturated heterocycles. The van der Waals surface area contributed by atoms with E-state index < -0.39 is 0 Å². The summed E-state index contributed by atoms with van der Waals surface area (Å²) in [5.74, 6) is 0.627. The van der Waals surface area contributed by atoms with Crippen molar-refractivity contribution in [2.45, 2.75) is 38.6 Å². The quantitative estimate of drug-likeness (QED) is 0.806. The molecule has 1 amide bonds. The number of carbonyl (C=O) groups is 1. The normalized spacial score (nSPS) is 17.7. The van der Waals surface area contributed by atoms with Crippen LogP contribution < -0.4 is 4.90 Å². The highest BCUT2D eigenvalue weighted by atomic mass is 16.2. The molecule has 2 nitrogen and oxygen atoms in total. The molecule has 1 heterocycles. The van der Waals surface area contributed by atoms with Crippen molar-refractivity contribution in [1.29, 1.82) is 0 Å². The Labute approximate surface area is 126 Å². The van der Waals surface area contributed by atoms with E-state index in [0.29, 0.717) is 18.9 Å². The van der Waals surface area contributed by atoms with Crippen LogP contribution in [-0.4, -0.2) is 5.91 Å². The number of fused-ring (bicyclic) bond motifs is 1. The molecule has 0 N–H and O–H groups in total. The number of amides is 1. The van der Waals surface area contributed by atoms with Crippen molar-refractivity contribution >= 4 is 11.6 Å². The molecule has 0 fully saturated rings. The minimum atomic E-state index is 0.246. The highest BCUT2D eigenvalue weighted by Crippen LogP contribution is 2.38. The van der Waals surface area contributed by atoms with Gasteiger partial charge in [0.1, 0.15) is 0 Å². The number of hydrogen-bond acceptors (Lipinski definition) is 1. The highest BCUT2D eigenvalue weighted by molar-refractivity contribution is 5.97. The topological polar surface area (TPSA) is 20.3 Å². The Morgan fingerprint density at radius 1 is 1.05 bits per heavy atom. The van der Waals surface area contributed by atoms with Crippen LogP contribution in [0.1, 0.15) is 43.2 Å². The lowest BCUT2D eigenvalue weighted by atomic mass is 9.86. The van der Waals surface area contributed by atoms with Crippen LogP contribution in [-0.2, 0) is 11.3 Å². The smallest absolute Gasteiger partial charge is 0.227 e. The Hall–Kier alpha value is -2.09. The molecule has 0 radical (unpaired) electrons. The maximum absolute atomic E-state index is 12.6. The molecule has 1 aliphatic heterocycles. The van der Waals surface area contributed by atoms with Crippen LogP contribution in [0.4, 0.5) is 5.69 Å². The van der Waals surface area contributed by atoms with Crippen molar-refractivity contribution in [3.63, 3.8) is 0 Å². The molecule has 0 saturated carbocycles. The predicted octanol–water partition coefficient (Wildman–Crippen LogP) is 4.51. The van der Waals surface area contributed by atoms with E-state index >= 15 is 0 Å². The van der Waals surface area contributed by atoms with Gasteiger partial charge in [-0.25, -0.2) is 0 Å². The molecular formula is C19H21NO. The summed E-state index contributed by atoms with van der Waals surface area (Å²) >= 11 is 0. The summed E-state index contributed by atoms with van der Waals surface area (Å²) in [6, 6.07) is 18.6. The molecule has 0 spiro atoms. The molecule has 108 valence electrons. The van der Waals surface area contributed by atoms with Crippen LogP contribution in [0.25, 0.3) is 0 Å². The first-order valence-corrected chi connectivity index (χ1v) is 7.72. The van der Waals surface area contributed by atoms with E-state index in [0.717, 1.165) is 18.5 Å². The minimum Gasteiger partial charge on any atom is -0.308 e. The van der Waals surface area contributed by atoms with E-state index in [2.05, 4.69) is 37.3 Å². The third kappa shape index (κ3) is 2.85. The van der Waals surface area contributed by atoms with Gasteiger partial charge in [-0.15, -0.1) is 0 Å². The molecule has 0 aromatic heterocycles. The summed E-state index contributed by atoms with van der Waals surface area (Å²) in [5.41, 5.74) is 3.60. The summed E-state index contributed by atoms with van der Waals surface area (Å²) in [6.07, 6.45) is 2.84. The molecular weight excluding hydrogens is 258 g/mol. The maximum atomic E-state index is 12.6. The second kappa shape index (κ2) is 6.13. The maximum Gasteiger partial charge on any atom is 0.227 e. The van der Waals surface area contributed by atoms with Gasteiger partial charge in [-0.2, -0.15) is 0 Å². The van der Waals surface area contributed by atoms with E-state index in [1.807, 2.05) is 29.2 Å². The molecule has 2 aromatic carbocycles. The van der Waals surface area contributed by atoms with Gasteiger partial charge in [-0.3, -0.25) is 4.79 Å². The first-order chi connectivity index (χ1) is 10.3. The van der Waals surface area contributed by atoms with E-state index in [4.69, 9.17) is 0 Å². The Morgan fingerprint density at radius 2 is 1.76 bits per heavy atom. The van der Waals surface area contributed by atoms with Crippen molar-refractivity contribution in [3.8, 4) is 0 Å². The van der Waals surface area contributed by atoms with Gasteiger partial charge < -0.3 is 4.90 Å². The number of anilines is 1. The number of para-hydroxylation sites is 1. The molecule has 1 aliphatic rings. The predicted molar refractivity (Wildman–Crippen MR) is 86.3 cm³/mol. The van der Waals surface area contributed by atoms with Crippen molar-refractivity contribution in [2.75, 3.05) is 4.90 Å². The molecule has 3 rings (SSSR count). The second-order valence-electron chi connectivity index (χ2n) is 5.71. The molecule has 1 atom stereocenters. The van der Waals surface area contributed by atoms with Gasteiger partial charge in [0.2, 0.25) is 5.91 Å². The van der Waals surface area contributed by atoms with Crippen LogP contribution >= 0.6 is 0 Å². The van der Waals surface area contributed by atoms with Crippen LogP contribution in [0.5, 0.6) is 0 Å². The van der Waals surface area contributed by atoms with Crippen LogP contribution in [0.15, 0.2) is 54.6 Å². The van der Waals surface area contributed by atoms with E-state index in [9.17, 15) is 4.79 Å². The molecule has 0 aliphatic carbocycles. The lowest BCUT2D eigenvalue weighted by Crippen LogP contribution is -2.36. The summed E-state index contributed by atoms with van der Waals surface area (Å²) < 4.78 is 0. The van der Waals surface area contributed by atoms with Crippen LogP contribution in [0.2, 0.25) is 0 Å². The van der Waals surface area contributed by atoms with Gasteiger partial charge in [-0.05, 0) is 29.5 Å². The fourth-order valence-corrected chi connectivity index (χ4v) is 3.19. The summed E-state index contributed by atoms with van der Waals surface area (Å²) in [6.45, 7) is 2.85. The van der Waals surface area contributed by atoms with Crippen molar-refractivity contribution in [1.82, 2.24) is 0 Å². The van der Waals surface area contributed by atoms with Gasteiger partial charge in [0.15, 0.2) is 0 Å². The van der Waals surface area contributed by atoms with Gasteiger partial charge >= 0.3 is 0 Å². The molecule has 2 aromatic rings. The lowest BCUT2D eigenvalue weighted by Gasteiger charge is -2.34. The summed E-state index contributed by atoms with van der Waals surface area (Å²) in [5, 5.41) is 0. The second-order valence-corrected chi connectivity index (χ2v) is 5.71. The van der Waals surface area contributed by atoms with Crippen LogP contribution in [0.3, 0.4) is 0 Å². The number of carbonyl (C=O) groups excluding carboxylic acids is 1. The largest absolute Gasteiger partial charge is 0.308 e. The van der Waals surface area contributed by atoms with Gasteiger partial charge in [0, 0.05) is 12.1 Å². The monoisotopic (exact) mass is 279 g/mol.